The van der Waals surface area contributed by atoms with Crippen molar-refractivity contribution in [2.24, 2.45) is 5.92 Å². The monoisotopic (exact) mass is 509 g/mol. The Balaban J connectivity index is 2.10. The fourth-order valence-corrected chi connectivity index (χ4v) is 5.37. The number of nitrogens with zero attached hydrogens (tertiary/aromatic N) is 3. The summed E-state index contributed by atoms with van der Waals surface area (Å²) in [7, 11) is -1.90. The number of carbonyl (C=O) groups excluding carboxylic acids is 1. The molecule has 36 heavy (non-hydrogen) atoms. The predicted molar refractivity (Wildman–Crippen MR) is 149 cm³/mol. The molecule has 1 aromatic heterocycles. The number of carbonyl (C=O) groups is 1. The first-order valence-corrected chi connectivity index (χ1v) is 16.0. The summed E-state index contributed by atoms with van der Waals surface area (Å²) in [5.74, 6) is -0.731. The number of hydrogen-bond acceptors (Lipinski definition) is 5. The maximum atomic E-state index is 13.0. The molecule has 0 saturated heterocycles. The molecule has 2 aromatic carbocycles. The summed E-state index contributed by atoms with van der Waals surface area (Å²) in [4.78, 5) is 13.0. The second-order valence-corrected chi connectivity index (χ2v) is 16.1. The zero-order valence-corrected chi connectivity index (χ0v) is 24.7. The van der Waals surface area contributed by atoms with Gasteiger partial charge in [0.1, 0.15) is 5.52 Å². The van der Waals surface area contributed by atoms with Crippen molar-refractivity contribution < 1.29 is 14.0 Å². The smallest absolute Gasteiger partial charge is 0.309 e. The van der Waals surface area contributed by atoms with Crippen LogP contribution in [0.5, 0.6) is 0 Å². The molecule has 0 aliphatic rings. The molecule has 2 unspecified atom stereocenters. The Morgan fingerprint density at radius 2 is 1.81 bits per heavy atom. The van der Waals surface area contributed by atoms with Crippen molar-refractivity contribution in [3.63, 3.8) is 0 Å². The van der Waals surface area contributed by atoms with E-state index in [9.17, 15) is 4.79 Å². The number of benzene rings is 2. The van der Waals surface area contributed by atoms with Crippen molar-refractivity contribution in [1.29, 1.82) is 0 Å². The fourth-order valence-electron chi connectivity index (χ4n) is 4.42. The first kappa shape index (κ1) is 28.1. The van der Waals surface area contributed by atoms with E-state index in [0.29, 0.717) is 13.2 Å². The summed E-state index contributed by atoms with van der Waals surface area (Å²) in [6, 6.07) is 10.7. The zero-order chi connectivity index (χ0) is 26.8. The highest BCUT2D eigenvalue weighted by Crippen LogP contribution is 2.39. The maximum absolute atomic E-state index is 13.0. The van der Waals surface area contributed by atoms with Crippen LogP contribution in [0.3, 0.4) is 0 Å². The minimum Gasteiger partial charge on any atom is -0.466 e. The molecule has 0 aliphatic carbocycles. The van der Waals surface area contributed by atoms with E-state index < -0.39 is 8.32 Å². The molecule has 0 amide bonds. The van der Waals surface area contributed by atoms with Crippen molar-refractivity contribution in [3.8, 4) is 0 Å². The summed E-state index contributed by atoms with van der Waals surface area (Å²) < 4.78 is 13.9. The summed E-state index contributed by atoms with van der Waals surface area (Å²) >= 11 is 0. The van der Waals surface area contributed by atoms with E-state index in [1.54, 1.807) is 0 Å². The number of aryl methyl sites for hydroxylation is 3. The Labute approximate surface area is 217 Å². The van der Waals surface area contributed by atoms with E-state index >= 15 is 0 Å². The average molecular weight is 510 g/mol. The Morgan fingerprint density at radius 1 is 1.11 bits per heavy atom. The van der Waals surface area contributed by atoms with Gasteiger partial charge in [-0.15, -0.1) is 5.10 Å². The number of fused-ring (bicyclic) bond motifs is 1. The van der Waals surface area contributed by atoms with Crippen LogP contribution in [0.15, 0.2) is 30.3 Å². The number of ether oxygens (including phenoxy) is 1. The summed E-state index contributed by atoms with van der Waals surface area (Å²) in [5.41, 5.74) is 7.45. The van der Waals surface area contributed by atoms with Gasteiger partial charge in [-0.1, -0.05) is 57.2 Å². The lowest BCUT2D eigenvalue weighted by Gasteiger charge is -2.36. The number of rotatable bonds is 9. The SMILES string of the molecule is CCOC(=O)C(C)C(c1ccc(C)c(CO[Si](C)(C)C(C)(C)C)c1)c1ccc2c(nnn2CC)c1C. The molecule has 0 spiro atoms. The van der Waals surface area contributed by atoms with Gasteiger partial charge in [0.2, 0.25) is 0 Å². The molecule has 1 heterocycles. The van der Waals surface area contributed by atoms with Crippen LogP contribution in [-0.2, 0) is 27.1 Å². The third-order valence-electron chi connectivity index (χ3n) is 7.90. The highest BCUT2D eigenvalue weighted by molar-refractivity contribution is 6.74. The molecular weight excluding hydrogens is 466 g/mol. The Morgan fingerprint density at radius 3 is 2.42 bits per heavy atom. The van der Waals surface area contributed by atoms with Gasteiger partial charge >= 0.3 is 5.97 Å². The molecule has 0 radical (unpaired) electrons. The van der Waals surface area contributed by atoms with Gasteiger partial charge in [0.05, 0.1) is 24.6 Å². The highest BCUT2D eigenvalue weighted by Gasteiger charge is 2.37. The second-order valence-electron chi connectivity index (χ2n) is 11.3. The lowest BCUT2D eigenvalue weighted by atomic mass is 9.79. The van der Waals surface area contributed by atoms with Gasteiger partial charge in [-0.25, -0.2) is 4.68 Å². The molecule has 2 atom stereocenters. The van der Waals surface area contributed by atoms with Gasteiger partial charge in [-0.05, 0) is 79.7 Å². The molecule has 3 rings (SSSR count). The van der Waals surface area contributed by atoms with Crippen LogP contribution in [-0.4, -0.2) is 35.9 Å². The molecular formula is C29H43N3O3Si. The van der Waals surface area contributed by atoms with Crippen LogP contribution in [0.2, 0.25) is 18.1 Å². The molecule has 6 nitrogen and oxygen atoms in total. The normalized spacial score (nSPS) is 14.2. The van der Waals surface area contributed by atoms with Crippen molar-refractivity contribution in [1.82, 2.24) is 15.0 Å². The van der Waals surface area contributed by atoms with E-state index in [2.05, 4.69) is 95.3 Å². The summed E-state index contributed by atoms with van der Waals surface area (Å²) in [6.07, 6.45) is 0. The topological polar surface area (TPSA) is 66.2 Å². The Hall–Kier alpha value is -2.51. The molecule has 0 bridgehead atoms. The first-order valence-electron chi connectivity index (χ1n) is 13.0. The summed E-state index contributed by atoms with van der Waals surface area (Å²) in [5, 5.41) is 8.91. The lowest BCUT2D eigenvalue weighted by Crippen LogP contribution is -2.40. The van der Waals surface area contributed by atoms with Crippen LogP contribution in [0.25, 0.3) is 11.0 Å². The van der Waals surface area contributed by atoms with Crippen LogP contribution in [0, 0.1) is 19.8 Å². The number of hydrogen-bond donors (Lipinski definition) is 0. The van der Waals surface area contributed by atoms with Crippen molar-refractivity contribution in [2.45, 2.75) is 92.6 Å². The van der Waals surface area contributed by atoms with E-state index in [4.69, 9.17) is 9.16 Å². The summed E-state index contributed by atoms with van der Waals surface area (Å²) in [6.45, 7) is 23.1. The lowest BCUT2D eigenvalue weighted by molar-refractivity contribution is -0.147. The van der Waals surface area contributed by atoms with Crippen molar-refractivity contribution in [3.05, 3.63) is 58.1 Å². The van der Waals surface area contributed by atoms with Gasteiger partial charge in [-0.2, -0.15) is 0 Å². The number of esters is 1. The van der Waals surface area contributed by atoms with Gasteiger partial charge in [0.15, 0.2) is 8.32 Å². The molecule has 0 aliphatic heterocycles. The van der Waals surface area contributed by atoms with E-state index in [1.807, 2.05) is 18.5 Å². The molecule has 196 valence electrons. The minimum absolute atomic E-state index is 0.141. The van der Waals surface area contributed by atoms with Crippen LogP contribution in [0.4, 0.5) is 0 Å². The van der Waals surface area contributed by atoms with Crippen LogP contribution in [0.1, 0.15) is 75.3 Å². The largest absolute Gasteiger partial charge is 0.466 e. The maximum Gasteiger partial charge on any atom is 0.309 e. The van der Waals surface area contributed by atoms with Gasteiger partial charge in [0.25, 0.3) is 0 Å². The third kappa shape index (κ3) is 5.57. The van der Waals surface area contributed by atoms with Crippen LogP contribution < -0.4 is 0 Å². The van der Waals surface area contributed by atoms with Gasteiger partial charge in [-0.3, -0.25) is 4.79 Å². The van der Waals surface area contributed by atoms with E-state index in [-0.39, 0.29) is 22.8 Å². The van der Waals surface area contributed by atoms with Crippen molar-refractivity contribution >= 4 is 25.3 Å². The quantitative estimate of drug-likeness (QED) is 0.231. The van der Waals surface area contributed by atoms with Gasteiger partial charge in [0, 0.05) is 12.5 Å². The molecule has 0 saturated carbocycles. The standard InChI is InChI=1S/C29H43N3O3Si/c1-11-32-25-16-15-24(20(4)27(25)30-31-32)26(21(5)28(33)34-12-2)22-14-13-19(3)23(17-22)18-35-36(9,10)29(6,7)8/h13-17,21,26H,11-12,18H2,1-10H3. The van der Waals surface area contributed by atoms with Crippen molar-refractivity contribution in [2.75, 3.05) is 6.61 Å². The Bertz CT molecular complexity index is 1230. The minimum atomic E-state index is -1.90. The third-order valence-corrected chi connectivity index (χ3v) is 12.4. The van der Waals surface area contributed by atoms with E-state index in [1.165, 1.54) is 5.56 Å². The molecule has 3 aromatic rings. The predicted octanol–water partition coefficient (Wildman–Crippen LogP) is 6.92. The van der Waals surface area contributed by atoms with Gasteiger partial charge < -0.3 is 9.16 Å². The first-order chi connectivity index (χ1) is 16.8. The fraction of sp³-hybridized carbons (Fsp3) is 0.552. The molecule has 0 N–H and O–H groups in total. The van der Waals surface area contributed by atoms with E-state index in [0.717, 1.165) is 39.8 Å². The zero-order valence-electron chi connectivity index (χ0n) is 23.7. The number of aromatic nitrogens is 3. The second kappa shape index (κ2) is 10.8. The molecule has 0 fully saturated rings. The highest BCUT2D eigenvalue weighted by atomic mass is 28.4. The average Bonchev–Trinajstić information content (AvgIpc) is 3.24. The van der Waals surface area contributed by atoms with Crippen LogP contribution >= 0.6 is 0 Å². The molecule has 7 heteroatoms. The Kier molecular flexibility index (Phi) is 8.46.